The SMILES string of the molecule is COCNCC(C)(C)c1ccc(Br)s1. The summed E-state index contributed by atoms with van der Waals surface area (Å²) < 4.78 is 6.15. The maximum absolute atomic E-state index is 4.96. The molecule has 0 saturated heterocycles. The molecule has 0 amide bonds. The summed E-state index contributed by atoms with van der Waals surface area (Å²) in [4.78, 5) is 1.38. The van der Waals surface area contributed by atoms with Crippen LogP contribution in [0.25, 0.3) is 0 Å². The highest BCUT2D eigenvalue weighted by Crippen LogP contribution is 2.32. The minimum atomic E-state index is 0.162. The van der Waals surface area contributed by atoms with Crippen LogP contribution >= 0.6 is 27.3 Å². The molecule has 1 heterocycles. The second-order valence-corrected chi connectivity index (χ2v) is 6.31. The molecule has 1 N–H and O–H groups in total. The summed E-state index contributed by atoms with van der Waals surface area (Å²) in [6.07, 6.45) is 0. The molecule has 0 atom stereocenters. The molecule has 1 rings (SSSR count). The van der Waals surface area contributed by atoms with Crippen molar-refractivity contribution in [3.05, 3.63) is 20.8 Å². The van der Waals surface area contributed by atoms with Gasteiger partial charge < -0.3 is 4.74 Å². The van der Waals surface area contributed by atoms with Crippen molar-refractivity contribution in [3.63, 3.8) is 0 Å². The Morgan fingerprint density at radius 2 is 2.21 bits per heavy atom. The van der Waals surface area contributed by atoms with Crippen LogP contribution in [-0.4, -0.2) is 20.4 Å². The number of hydrogen-bond donors (Lipinski definition) is 1. The van der Waals surface area contributed by atoms with Crippen molar-refractivity contribution < 1.29 is 4.74 Å². The van der Waals surface area contributed by atoms with Crippen molar-refractivity contribution in [2.45, 2.75) is 19.3 Å². The highest BCUT2D eigenvalue weighted by molar-refractivity contribution is 9.11. The molecule has 0 aliphatic heterocycles. The number of hydrogen-bond acceptors (Lipinski definition) is 3. The molecular weight excluding hydrogens is 262 g/mol. The summed E-state index contributed by atoms with van der Waals surface area (Å²) >= 11 is 5.27. The molecule has 0 fully saturated rings. The van der Waals surface area contributed by atoms with Crippen LogP contribution in [0.2, 0.25) is 0 Å². The maximum atomic E-state index is 4.96. The zero-order chi connectivity index (χ0) is 10.6. The van der Waals surface area contributed by atoms with Gasteiger partial charge in [0.25, 0.3) is 0 Å². The second kappa shape index (κ2) is 5.26. The fourth-order valence-electron chi connectivity index (χ4n) is 1.23. The van der Waals surface area contributed by atoms with Gasteiger partial charge in [0.1, 0.15) is 0 Å². The smallest absolute Gasteiger partial charge is 0.0961 e. The van der Waals surface area contributed by atoms with E-state index in [9.17, 15) is 0 Å². The number of nitrogens with one attached hydrogen (secondary N) is 1. The summed E-state index contributed by atoms with van der Waals surface area (Å²) in [5.41, 5.74) is 0.162. The van der Waals surface area contributed by atoms with Crippen molar-refractivity contribution in [2.75, 3.05) is 20.4 Å². The third-order valence-electron chi connectivity index (χ3n) is 2.05. The monoisotopic (exact) mass is 277 g/mol. The predicted octanol–water partition coefficient (Wildman–Crippen LogP) is 2.98. The summed E-state index contributed by atoms with van der Waals surface area (Å²) in [6.45, 7) is 5.99. The average Bonchev–Trinajstić information content (AvgIpc) is 2.53. The molecule has 0 bridgehead atoms. The highest BCUT2D eigenvalue weighted by atomic mass is 79.9. The van der Waals surface area contributed by atoms with Crippen molar-refractivity contribution >= 4 is 27.3 Å². The molecule has 0 aliphatic carbocycles. The number of halogens is 1. The standard InChI is InChI=1S/C10H16BrNOS/c1-10(2,6-12-7-13-3)8-4-5-9(11)14-8/h4-5,12H,6-7H2,1-3H3. The van der Waals surface area contributed by atoms with Crippen molar-refractivity contribution in [3.8, 4) is 0 Å². The first kappa shape index (κ1) is 12.2. The fourth-order valence-corrected chi connectivity index (χ4v) is 2.72. The van der Waals surface area contributed by atoms with Gasteiger partial charge in [0.2, 0.25) is 0 Å². The first-order chi connectivity index (χ1) is 6.56. The molecule has 0 saturated carbocycles. The van der Waals surface area contributed by atoms with Gasteiger partial charge in [-0.1, -0.05) is 13.8 Å². The van der Waals surface area contributed by atoms with Crippen LogP contribution in [0.4, 0.5) is 0 Å². The van der Waals surface area contributed by atoms with E-state index in [1.165, 1.54) is 8.66 Å². The Balaban J connectivity index is 2.56. The largest absolute Gasteiger partial charge is 0.370 e. The van der Waals surface area contributed by atoms with Crippen LogP contribution in [0.1, 0.15) is 18.7 Å². The van der Waals surface area contributed by atoms with Crippen LogP contribution in [0.5, 0.6) is 0 Å². The van der Waals surface area contributed by atoms with Gasteiger partial charge in [0.05, 0.1) is 10.5 Å². The van der Waals surface area contributed by atoms with E-state index in [0.717, 1.165) is 6.54 Å². The van der Waals surface area contributed by atoms with Gasteiger partial charge in [0.15, 0.2) is 0 Å². The van der Waals surface area contributed by atoms with Crippen molar-refractivity contribution in [1.82, 2.24) is 5.32 Å². The van der Waals surface area contributed by atoms with Crippen LogP contribution in [-0.2, 0) is 10.2 Å². The highest BCUT2D eigenvalue weighted by Gasteiger charge is 2.21. The van der Waals surface area contributed by atoms with Gasteiger partial charge in [-0.25, -0.2) is 0 Å². The van der Waals surface area contributed by atoms with E-state index >= 15 is 0 Å². The van der Waals surface area contributed by atoms with E-state index in [2.05, 4.69) is 47.2 Å². The van der Waals surface area contributed by atoms with E-state index in [0.29, 0.717) is 6.73 Å². The molecule has 0 spiro atoms. The van der Waals surface area contributed by atoms with Gasteiger partial charge >= 0.3 is 0 Å². The van der Waals surface area contributed by atoms with Gasteiger partial charge in [-0.15, -0.1) is 11.3 Å². The van der Waals surface area contributed by atoms with Gasteiger partial charge in [-0.3, -0.25) is 5.32 Å². The van der Waals surface area contributed by atoms with E-state index in [1.54, 1.807) is 18.4 Å². The molecule has 1 aromatic rings. The molecule has 80 valence electrons. The lowest BCUT2D eigenvalue weighted by atomic mass is 9.92. The molecule has 4 heteroatoms. The molecule has 1 aromatic heterocycles. The Kier molecular flexibility index (Phi) is 4.57. The van der Waals surface area contributed by atoms with Crippen LogP contribution in [0.15, 0.2) is 15.9 Å². The van der Waals surface area contributed by atoms with E-state index < -0.39 is 0 Å². The maximum Gasteiger partial charge on any atom is 0.0961 e. The minimum Gasteiger partial charge on any atom is -0.370 e. The Hall–Kier alpha value is 0.1000. The quantitative estimate of drug-likeness (QED) is 0.660. The Morgan fingerprint density at radius 3 is 2.71 bits per heavy atom. The third-order valence-corrected chi connectivity index (χ3v) is 4.04. The molecule has 14 heavy (non-hydrogen) atoms. The molecule has 0 unspecified atom stereocenters. The van der Waals surface area contributed by atoms with Crippen molar-refractivity contribution in [1.29, 1.82) is 0 Å². The molecule has 2 nitrogen and oxygen atoms in total. The summed E-state index contributed by atoms with van der Waals surface area (Å²) in [5, 5.41) is 3.25. The first-order valence-corrected chi connectivity index (χ1v) is 6.12. The first-order valence-electron chi connectivity index (χ1n) is 4.52. The number of ether oxygens (including phenoxy) is 1. The molecule has 0 aliphatic rings. The third kappa shape index (κ3) is 3.35. The van der Waals surface area contributed by atoms with E-state index in [4.69, 9.17) is 4.74 Å². The Bertz CT molecular complexity index is 285. The normalized spacial score (nSPS) is 12.0. The number of thiophene rings is 1. The van der Waals surface area contributed by atoms with E-state index in [-0.39, 0.29) is 5.41 Å². The molecule has 0 radical (unpaired) electrons. The zero-order valence-corrected chi connectivity index (χ0v) is 11.2. The summed E-state index contributed by atoms with van der Waals surface area (Å²) in [7, 11) is 1.70. The number of methoxy groups -OCH3 is 1. The lowest BCUT2D eigenvalue weighted by molar-refractivity contribution is 0.169. The second-order valence-electron chi connectivity index (χ2n) is 3.85. The average molecular weight is 278 g/mol. The van der Waals surface area contributed by atoms with Crippen molar-refractivity contribution in [2.24, 2.45) is 0 Å². The van der Waals surface area contributed by atoms with E-state index in [1.807, 2.05) is 0 Å². The van der Waals surface area contributed by atoms with Gasteiger partial charge in [-0.2, -0.15) is 0 Å². The molecular formula is C10H16BrNOS. The van der Waals surface area contributed by atoms with Crippen LogP contribution in [0.3, 0.4) is 0 Å². The lowest BCUT2D eigenvalue weighted by Gasteiger charge is -2.23. The summed E-state index contributed by atoms with van der Waals surface area (Å²) in [6, 6.07) is 4.27. The lowest BCUT2D eigenvalue weighted by Crippen LogP contribution is -2.33. The number of rotatable bonds is 5. The van der Waals surface area contributed by atoms with Crippen LogP contribution < -0.4 is 5.32 Å². The Labute approximate surface area is 97.8 Å². The summed E-state index contributed by atoms with van der Waals surface area (Å²) in [5.74, 6) is 0. The predicted molar refractivity (Wildman–Crippen MR) is 64.9 cm³/mol. The zero-order valence-electron chi connectivity index (χ0n) is 8.76. The van der Waals surface area contributed by atoms with Gasteiger partial charge in [-0.05, 0) is 28.1 Å². The Morgan fingerprint density at radius 1 is 1.50 bits per heavy atom. The minimum absolute atomic E-state index is 0.162. The van der Waals surface area contributed by atoms with Gasteiger partial charge in [0, 0.05) is 23.9 Å². The fraction of sp³-hybridized carbons (Fsp3) is 0.600. The van der Waals surface area contributed by atoms with Crippen LogP contribution in [0, 0.1) is 0 Å². The topological polar surface area (TPSA) is 21.3 Å². The molecule has 0 aromatic carbocycles.